The third-order valence-corrected chi connectivity index (χ3v) is 2.78. The minimum atomic E-state index is 0.568. The van der Waals surface area contributed by atoms with Crippen LogP contribution in [-0.4, -0.2) is 19.3 Å². The molecule has 2 nitrogen and oxygen atoms in total. The second-order valence-electron chi connectivity index (χ2n) is 3.78. The highest BCUT2D eigenvalue weighted by molar-refractivity contribution is 5.21. The molecule has 0 spiro atoms. The zero-order chi connectivity index (χ0) is 10.4. The summed E-state index contributed by atoms with van der Waals surface area (Å²) in [6, 6.07) is 0.568. The zero-order valence-electron chi connectivity index (χ0n) is 9.31. The molecule has 0 aromatic heterocycles. The van der Waals surface area contributed by atoms with Gasteiger partial charge in [-0.3, -0.25) is 0 Å². The van der Waals surface area contributed by atoms with Crippen molar-refractivity contribution in [3.8, 4) is 0 Å². The van der Waals surface area contributed by atoms with Gasteiger partial charge in [0.15, 0.2) is 0 Å². The fraction of sp³-hybridized carbons (Fsp3) is 0.667. The highest BCUT2D eigenvalue weighted by Gasteiger charge is 2.13. The summed E-state index contributed by atoms with van der Waals surface area (Å²) in [4.78, 5) is 0. The molecule has 0 saturated carbocycles. The van der Waals surface area contributed by atoms with E-state index in [1.54, 1.807) is 0 Å². The van der Waals surface area contributed by atoms with E-state index in [4.69, 9.17) is 4.74 Å². The maximum atomic E-state index is 5.32. The average Bonchev–Trinajstić information content (AvgIpc) is 2.26. The first kappa shape index (κ1) is 11.3. The highest BCUT2D eigenvalue weighted by atomic mass is 16.5. The number of allylic oxidation sites excluding steroid dienone is 2. The van der Waals surface area contributed by atoms with Crippen LogP contribution < -0.4 is 5.32 Å². The van der Waals surface area contributed by atoms with Crippen molar-refractivity contribution in [1.82, 2.24) is 5.32 Å². The van der Waals surface area contributed by atoms with Crippen LogP contribution in [0.2, 0.25) is 0 Å². The Morgan fingerprint density at radius 2 is 2.14 bits per heavy atom. The summed E-state index contributed by atoms with van der Waals surface area (Å²) < 4.78 is 5.32. The number of hydrogen-bond acceptors (Lipinski definition) is 2. The van der Waals surface area contributed by atoms with Crippen molar-refractivity contribution < 1.29 is 4.74 Å². The molecule has 0 unspecified atom stereocenters. The van der Waals surface area contributed by atoms with E-state index >= 15 is 0 Å². The minimum absolute atomic E-state index is 0.568. The van der Waals surface area contributed by atoms with Gasteiger partial charge in [0.25, 0.3) is 0 Å². The van der Waals surface area contributed by atoms with Crippen molar-refractivity contribution in [1.29, 1.82) is 0 Å². The third-order valence-electron chi connectivity index (χ3n) is 2.78. The molecule has 80 valence electrons. The summed E-state index contributed by atoms with van der Waals surface area (Å²) in [5.74, 6) is 0. The van der Waals surface area contributed by atoms with Gasteiger partial charge in [0.1, 0.15) is 0 Å². The fourth-order valence-electron chi connectivity index (χ4n) is 1.61. The van der Waals surface area contributed by atoms with Gasteiger partial charge in [-0.25, -0.2) is 0 Å². The summed E-state index contributed by atoms with van der Waals surface area (Å²) in [5.41, 5.74) is 2.59. The lowest BCUT2D eigenvalue weighted by molar-refractivity contribution is 0.0805. The number of rotatable bonds is 4. The van der Waals surface area contributed by atoms with Crippen LogP contribution in [0, 0.1) is 0 Å². The van der Waals surface area contributed by atoms with Crippen molar-refractivity contribution in [2.24, 2.45) is 0 Å². The smallest absolute Gasteiger partial charge is 0.0485 e. The molecule has 1 aliphatic heterocycles. The molecule has 1 aliphatic rings. The van der Waals surface area contributed by atoms with Gasteiger partial charge in [-0.15, -0.1) is 0 Å². The van der Waals surface area contributed by atoms with Crippen LogP contribution in [0.15, 0.2) is 23.9 Å². The molecule has 1 saturated heterocycles. The molecule has 2 heteroatoms. The maximum absolute atomic E-state index is 5.32. The molecule has 0 aromatic rings. The predicted octanol–water partition coefficient (Wildman–Crippen LogP) is 2.63. The maximum Gasteiger partial charge on any atom is 0.0485 e. The largest absolute Gasteiger partial charge is 0.382 e. The number of ether oxygens (including phenoxy) is 1. The van der Waals surface area contributed by atoms with E-state index < -0.39 is 0 Å². The Balaban J connectivity index is 2.51. The van der Waals surface area contributed by atoms with Gasteiger partial charge in [-0.2, -0.15) is 0 Å². The molecule has 0 amide bonds. The molecule has 1 rings (SSSR count). The minimum Gasteiger partial charge on any atom is -0.382 e. The normalized spacial score (nSPS) is 20.1. The molecular weight excluding hydrogens is 174 g/mol. The number of hydrogen-bond donors (Lipinski definition) is 1. The predicted molar refractivity (Wildman–Crippen MR) is 60.2 cm³/mol. The highest BCUT2D eigenvalue weighted by Crippen LogP contribution is 2.12. The summed E-state index contributed by atoms with van der Waals surface area (Å²) in [6.45, 7) is 9.94. The first-order valence-electron chi connectivity index (χ1n) is 5.44. The van der Waals surface area contributed by atoms with Crippen molar-refractivity contribution >= 4 is 0 Å². The Hall–Kier alpha value is -0.760. The van der Waals surface area contributed by atoms with E-state index in [0.717, 1.165) is 32.5 Å². The molecule has 0 atom stereocenters. The van der Waals surface area contributed by atoms with Gasteiger partial charge in [0, 0.05) is 25.0 Å². The van der Waals surface area contributed by atoms with Gasteiger partial charge in [-0.1, -0.05) is 19.1 Å². The lowest BCUT2D eigenvalue weighted by Crippen LogP contribution is -2.34. The molecule has 0 radical (unpaired) electrons. The van der Waals surface area contributed by atoms with E-state index in [9.17, 15) is 0 Å². The van der Waals surface area contributed by atoms with Gasteiger partial charge in [-0.05, 0) is 32.3 Å². The Labute approximate surface area is 87.0 Å². The quantitative estimate of drug-likeness (QED) is 0.696. The Bertz CT molecular complexity index is 214. The van der Waals surface area contributed by atoms with Crippen LogP contribution in [0.1, 0.15) is 33.1 Å². The Kier molecular flexibility index (Phi) is 4.74. The topological polar surface area (TPSA) is 21.3 Å². The SMILES string of the molecule is C=C/C(NC1CCOCC1)=C(/C)CC. The lowest BCUT2D eigenvalue weighted by atomic mass is 10.1. The molecule has 14 heavy (non-hydrogen) atoms. The van der Waals surface area contributed by atoms with Crippen molar-refractivity contribution in [2.45, 2.75) is 39.2 Å². The lowest BCUT2D eigenvalue weighted by Gasteiger charge is -2.25. The summed E-state index contributed by atoms with van der Waals surface area (Å²) in [7, 11) is 0. The van der Waals surface area contributed by atoms with E-state index in [1.807, 2.05) is 6.08 Å². The van der Waals surface area contributed by atoms with Crippen LogP contribution >= 0.6 is 0 Å². The molecule has 1 N–H and O–H groups in total. The third kappa shape index (κ3) is 3.18. The molecule has 0 bridgehead atoms. The molecule has 0 aromatic carbocycles. The van der Waals surface area contributed by atoms with Gasteiger partial charge >= 0.3 is 0 Å². The van der Waals surface area contributed by atoms with E-state index in [1.165, 1.54) is 11.3 Å². The number of nitrogens with one attached hydrogen (secondary N) is 1. The van der Waals surface area contributed by atoms with Gasteiger partial charge in [0.2, 0.25) is 0 Å². The van der Waals surface area contributed by atoms with Crippen LogP contribution in [0.5, 0.6) is 0 Å². The average molecular weight is 195 g/mol. The Morgan fingerprint density at radius 3 is 2.64 bits per heavy atom. The summed E-state index contributed by atoms with van der Waals surface area (Å²) in [5, 5.41) is 3.54. The van der Waals surface area contributed by atoms with E-state index in [0.29, 0.717) is 6.04 Å². The van der Waals surface area contributed by atoms with Crippen molar-refractivity contribution in [3.63, 3.8) is 0 Å². The summed E-state index contributed by atoms with van der Waals surface area (Å²) in [6.07, 6.45) is 5.22. The van der Waals surface area contributed by atoms with Crippen LogP contribution in [-0.2, 0) is 4.74 Å². The van der Waals surface area contributed by atoms with Gasteiger partial charge in [0.05, 0.1) is 0 Å². The fourth-order valence-corrected chi connectivity index (χ4v) is 1.61. The summed E-state index contributed by atoms with van der Waals surface area (Å²) >= 11 is 0. The van der Waals surface area contributed by atoms with Crippen molar-refractivity contribution in [2.75, 3.05) is 13.2 Å². The molecule has 1 heterocycles. The molecule has 0 aliphatic carbocycles. The first-order chi connectivity index (χ1) is 6.77. The van der Waals surface area contributed by atoms with E-state index in [2.05, 4.69) is 25.7 Å². The first-order valence-corrected chi connectivity index (χ1v) is 5.44. The molecular formula is C12H21NO. The Morgan fingerprint density at radius 1 is 1.50 bits per heavy atom. The van der Waals surface area contributed by atoms with E-state index in [-0.39, 0.29) is 0 Å². The van der Waals surface area contributed by atoms with Gasteiger partial charge < -0.3 is 10.1 Å². The molecule has 1 fully saturated rings. The van der Waals surface area contributed by atoms with Crippen molar-refractivity contribution in [3.05, 3.63) is 23.9 Å². The van der Waals surface area contributed by atoms with Crippen LogP contribution in [0.25, 0.3) is 0 Å². The monoisotopic (exact) mass is 195 g/mol. The zero-order valence-corrected chi connectivity index (χ0v) is 9.31. The second-order valence-corrected chi connectivity index (χ2v) is 3.78. The standard InChI is InChI=1S/C12H21NO/c1-4-10(3)12(5-2)13-11-6-8-14-9-7-11/h5,11,13H,2,4,6-9H2,1,3H3/b12-10+. The second kappa shape index (κ2) is 5.86. The van der Waals surface area contributed by atoms with Crippen LogP contribution in [0.4, 0.5) is 0 Å². The van der Waals surface area contributed by atoms with Crippen LogP contribution in [0.3, 0.4) is 0 Å².